The molecule has 0 spiro atoms. The van der Waals surface area contributed by atoms with Crippen molar-refractivity contribution < 1.29 is 14.3 Å². The summed E-state index contributed by atoms with van der Waals surface area (Å²) in [4.78, 5) is 23.7. The van der Waals surface area contributed by atoms with E-state index in [2.05, 4.69) is 10.6 Å². The third-order valence-electron chi connectivity index (χ3n) is 3.09. The Kier molecular flexibility index (Phi) is 5.31. The summed E-state index contributed by atoms with van der Waals surface area (Å²) in [5.74, 6) is -0.930. The van der Waals surface area contributed by atoms with E-state index in [4.69, 9.17) is 10.00 Å². The quantitative estimate of drug-likeness (QED) is 0.843. The number of hydrogen-bond acceptors (Lipinski definition) is 4. The third kappa shape index (κ3) is 4.32. The normalized spacial score (nSPS) is 9.57. The number of carbonyl (C=O) groups is 2. The number of nitrogens with zero attached hydrogens (tertiary/aromatic N) is 1. The number of hydrogen-bond donors (Lipinski definition) is 2. The van der Waals surface area contributed by atoms with Crippen LogP contribution in [0.2, 0.25) is 0 Å². The fourth-order valence-corrected chi connectivity index (χ4v) is 1.91. The molecule has 2 N–H and O–H groups in total. The summed E-state index contributed by atoms with van der Waals surface area (Å²) in [6, 6.07) is 15.6. The summed E-state index contributed by atoms with van der Waals surface area (Å²) < 4.78 is 5.09. The number of ether oxygens (including phenoxy) is 1. The Balaban J connectivity index is 1.95. The average Bonchev–Trinajstić information content (AvgIpc) is 2.60. The first-order valence-electron chi connectivity index (χ1n) is 6.85. The maximum atomic E-state index is 11.9. The second kappa shape index (κ2) is 7.61. The average molecular weight is 309 g/mol. The highest BCUT2D eigenvalue weighted by Crippen LogP contribution is 2.14. The van der Waals surface area contributed by atoms with Crippen molar-refractivity contribution in [1.29, 1.82) is 5.26 Å². The molecule has 6 nitrogen and oxygen atoms in total. The van der Waals surface area contributed by atoms with E-state index in [1.807, 2.05) is 12.1 Å². The van der Waals surface area contributed by atoms with Gasteiger partial charge in [0.05, 0.1) is 18.4 Å². The zero-order valence-corrected chi connectivity index (χ0v) is 12.5. The van der Waals surface area contributed by atoms with E-state index < -0.39 is 11.8 Å². The van der Waals surface area contributed by atoms with Crippen molar-refractivity contribution in [2.75, 3.05) is 12.4 Å². The number of carbonyl (C=O) groups excluding carboxylic acids is 2. The van der Waals surface area contributed by atoms with Crippen LogP contribution in [0.1, 0.15) is 11.1 Å². The summed E-state index contributed by atoms with van der Waals surface area (Å²) >= 11 is 0. The lowest BCUT2D eigenvalue weighted by molar-refractivity contribution is -0.136. The van der Waals surface area contributed by atoms with Crippen molar-refractivity contribution in [2.24, 2.45) is 0 Å². The molecule has 2 amide bonds. The Labute approximate surface area is 133 Å². The summed E-state index contributed by atoms with van der Waals surface area (Å²) in [6.45, 7) is 0.198. The van der Waals surface area contributed by atoms with Crippen molar-refractivity contribution in [3.63, 3.8) is 0 Å². The summed E-state index contributed by atoms with van der Waals surface area (Å²) in [7, 11) is 1.55. The first-order chi connectivity index (χ1) is 11.1. The van der Waals surface area contributed by atoms with E-state index >= 15 is 0 Å². The summed E-state index contributed by atoms with van der Waals surface area (Å²) in [5.41, 5.74) is 1.40. The van der Waals surface area contributed by atoms with E-state index in [9.17, 15) is 9.59 Å². The first kappa shape index (κ1) is 16.0. The molecule has 23 heavy (non-hydrogen) atoms. The Morgan fingerprint density at radius 3 is 2.65 bits per heavy atom. The minimum absolute atomic E-state index is 0.198. The van der Waals surface area contributed by atoms with Gasteiger partial charge in [-0.2, -0.15) is 5.26 Å². The van der Waals surface area contributed by atoms with E-state index in [-0.39, 0.29) is 6.54 Å². The maximum Gasteiger partial charge on any atom is 0.313 e. The molecule has 0 bridgehead atoms. The van der Waals surface area contributed by atoms with Crippen LogP contribution in [0.5, 0.6) is 5.75 Å². The number of methoxy groups -OCH3 is 1. The van der Waals surface area contributed by atoms with Crippen molar-refractivity contribution in [1.82, 2.24) is 5.32 Å². The highest BCUT2D eigenvalue weighted by Gasteiger charge is 2.14. The van der Waals surface area contributed by atoms with Gasteiger partial charge in [-0.1, -0.05) is 24.3 Å². The molecule has 0 unspecified atom stereocenters. The Bertz CT molecular complexity index is 766. The molecule has 0 radical (unpaired) electrons. The first-order valence-corrected chi connectivity index (χ1v) is 6.85. The van der Waals surface area contributed by atoms with Gasteiger partial charge in [-0.05, 0) is 29.8 Å². The lowest BCUT2D eigenvalue weighted by Gasteiger charge is -2.08. The Hall–Kier alpha value is -3.33. The molecule has 2 aromatic rings. The van der Waals surface area contributed by atoms with E-state index in [0.717, 1.165) is 5.56 Å². The van der Waals surface area contributed by atoms with Crippen LogP contribution in [-0.4, -0.2) is 18.9 Å². The van der Waals surface area contributed by atoms with Crippen molar-refractivity contribution in [2.45, 2.75) is 6.54 Å². The van der Waals surface area contributed by atoms with Gasteiger partial charge in [0, 0.05) is 6.54 Å². The van der Waals surface area contributed by atoms with Gasteiger partial charge in [0.25, 0.3) is 0 Å². The molecule has 116 valence electrons. The number of para-hydroxylation sites is 1. The molecule has 6 heteroatoms. The largest absolute Gasteiger partial charge is 0.497 e. The van der Waals surface area contributed by atoms with Crippen LogP contribution < -0.4 is 15.4 Å². The van der Waals surface area contributed by atoms with Gasteiger partial charge in [-0.3, -0.25) is 9.59 Å². The fraction of sp³-hybridized carbons (Fsp3) is 0.118. The highest BCUT2D eigenvalue weighted by atomic mass is 16.5. The number of benzene rings is 2. The number of nitrogens with one attached hydrogen (secondary N) is 2. The van der Waals surface area contributed by atoms with Gasteiger partial charge in [0.15, 0.2) is 0 Å². The minimum Gasteiger partial charge on any atom is -0.497 e. The fourth-order valence-electron chi connectivity index (χ4n) is 1.91. The van der Waals surface area contributed by atoms with Crippen LogP contribution in [0.15, 0.2) is 48.5 Å². The van der Waals surface area contributed by atoms with Crippen LogP contribution >= 0.6 is 0 Å². The topological polar surface area (TPSA) is 91.2 Å². The molecule has 0 aliphatic heterocycles. The molecular formula is C17H15N3O3. The van der Waals surface area contributed by atoms with Crippen molar-refractivity contribution in [3.8, 4) is 11.8 Å². The van der Waals surface area contributed by atoms with Gasteiger partial charge in [0.2, 0.25) is 0 Å². The van der Waals surface area contributed by atoms with Gasteiger partial charge in [-0.15, -0.1) is 0 Å². The number of rotatable bonds is 4. The molecular weight excluding hydrogens is 294 g/mol. The summed E-state index contributed by atoms with van der Waals surface area (Å²) in [5, 5.41) is 13.9. The van der Waals surface area contributed by atoms with Crippen LogP contribution in [0, 0.1) is 11.3 Å². The van der Waals surface area contributed by atoms with Crippen LogP contribution in [0.25, 0.3) is 0 Å². The molecule has 0 aromatic heterocycles. The molecule has 0 heterocycles. The minimum atomic E-state index is -0.824. The molecule has 0 fully saturated rings. The molecule has 0 atom stereocenters. The predicted molar refractivity (Wildman–Crippen MR) is 84.6 cm³/mol. The van der Waals surface area contributed by atoms with Gasteiger partial charge >= 0.3 is 11.8 Å². The zero-order valence-electron chi connectivity index (χ0n) is 12.5. The van der Waals surface area contributed by atoms with Gasteiger partial charge < -0.3 is 15.4 Å². The molecule has 0 saturated carbocycles. The second-order valence-electron chi connectivity index (χ2n) is 4.65. The summed E-state index contributed by atoms with van der Waals surface area (Å²) in [6.07, 6.45) is 0. The Morgan fingerprint density at radius 1 is 1.13 bits per heavy atom. The van der Waals surface area contributed by atoms with Crippen LogP contribution in [0.4, 0.5) is 5.69 Å². The SMILES string of the molecule is COc1cccc(CNC(=O)C(=O)Nc2ccccc2C#N)c1. The predicted octanol–water partition coefficient (Wildman–Crippen LogP) is 1.82. The number of nitriles is 1. The number of anilines is 1. The smallest absolute Gasteiger partial charge is 0.313 e. The van der Waals surface area contributed by atoms with Crippen LogP contribution in [-0.2, 0) is 16.1 Å². The lowest BCUT2D eigenvalue weighted by atomic mass is 10.2. The molecule has 0 aliphatic rings. The standard InChI is InChI=1S/C17H15N3O3/c1-23-14-7-4-5-12(9-14)11-19-16(21)17(22)20-15-8-3-2-6-13(15)10-18/h2-9H,11H2,1H3,(H,19,21)(H,20,22). The van der Waals surface area contributed by atoms with Gasteiger partial charge in [-0.25, -0.2) is 0 Å². The monoisotopic (exact) mass is 309 g/mol. The maximum absolute atomic E-state index is 11.9. The highest BCUT2D eigenvalue weighted by molar-refractivity contribution is 6.39. The molecule has 2 rings (SSSR count). The van der Waals surface area contributed by atoms with E-state index in [1.54, 1.807) is 49.6 Å². The zero-order chi connectivity index (χ0) is 16.7. The van der Waals surface area contributed by atoms with Crippen LogP contribution in [0.3, 0.4) is 0 Å². The number of amides is 2. The lowest BCUT2D eigenvalue weighted by Crippen LogP contribution is -2.35. The van der Waals surface area contributed by atoms with Gasteiger partial charge in [0.1, 0.15) is 11.8 Å². The molecule has 0 saturated heterocycles. The van der Waals surface area contributed by atoms with Crippen molar-refractivity contribution >= 4 is 17.5 Å². The second-order valence-corrected chi connectivity index (χ2v) is 4.65. The third-order valence-corrected chi connectivity index (χ3v) is 3.09. The van der Waals surface area contributed by atoms with E-state index in [1.165, 1.54) is 0 Å². The van der Waals surface area contributed by atoms with Crippen molar-refractivity contribution in [3.05, 3.63) is 59.7 Å². The molecule has 0 aliphatic carbocycles. The van der Waals surface area contributed by atoms with E-state index in [0.29, 0.717) is 17.0 Å². The molecule has 2 aromatic carbocycles. The Morgan fingerprint density at radius 2 is 1.91 bits per heavy atom.